The second-order valence-corrected chi connectivity index (χ2v) is 13.4. The highest BCUT2D eigenvalue weighted by Crippen LogP contribution is 2.44. The van der Waals surface area contributed by atoms with Crippen molar-refractivity contribution in [3.8, 4) is 0 Å². The molecule has 0 heterocycles. The van der Waals surface area contributed by atoms with Crippen molar-refractivity contribution in [2.75, 3.05) is 0 Å². The van der Waals surface area contributed by atoms with Gasteiger partial charge in [-0.3, -0.25) is 0 Å². The summed E-state index contributed by atoms with van der Waals surface area (Å²) in [6, 6.07) is 0. The van der Waals surface area contributed by atoms with Crippen molar-refractivity contribution < 1.29 is 5.11 Å². The first-order valence-corrected chi connectivity index (χ1v) is 16.0. The standard InChI is InChI=1S/C33H64O/c1-7-8-17-30(21-16-15-20-29-18-11-9-12-19-29)24-26(4)32(31-22-13-10-14-23-31)28(6)33(34)27(5)25(2)3/h25-34H,7-24H2,1-6H3/t26?,27-,28?,30+,32+,33?/m1/s1. The topological polar surface area (TPSA) is 20.2 Å². The number of hydrogen-bond donors (Lipinski definition) is 1. The predicted octanol–water partition coefficient (Wildman–Crippen LogP) is 10.4. The van der Waals surface area contributed by atoms with Crippen LogP contribution >= 0.6 is 0 Å². The van der Waals surface area contributed by atoms with E-state index >= 15 is 0 Å². The minimum absolute atomic E-state index is 0.154. The highest BCUT2D eigenvalue weighted by Gasteiger charge is 2.38. The monoisotopic (exact) mass is 476 g/mol. The molecule has 0 spiro atoms. The fourth-order valence-electron chi connectivity index (χ4n) is 7.93. The Morgan fingerprint density at radius 3 is 1.88 bits per heavy atom. The van der Waals surface area contributed by atoms with Gasteiger partial charge >= 0.3 is 0 Å². The summed E-state index contributed by atoms with van der Waals surface area (Å²) < 4.78 is 0. The van der Waals surface area contributed by atoms with E-state index in [1.807, 2.05) is 0 Å². The maximum atomic E-state index is 11.4. The summed E-state index contributed by atoms with van der Waals surface area (Å²) in [6.07, 6.45) is 25.8. The Labute approximate surface area is 215 Å². The SMILES string of the molecule is CCCC[C@@H](CCCCC1CCCCC1)CC(C)[C@H](C1CCCCC1)C(C)C(O)[C@H](C)C(C)C. The summed E-state index contributed by atoms with van der Waals surface area (Å²) in [5.74, 6) is 5.60. The average molecular weight is 477 g/mol. The Bertz CT molecular complexity index is 487. The molecule has 0 aromatic heterocycles. The Hall–Kier alpha value is -0.0400. The molecule has 2 rings (SSSR count). The number of hydrogen-bond acceptors (Lipinski definition) is 1. The van der Waals surface area contributed by atoms with Gasteiger partial charge in [0.25, 0.3) is 0 Å². The van der Waals surface area contributed by atoms with E-state index in [9.17, 15) is 5.11 Å². The van der Waals surface area contributed by atoms with Crippen molar-refractivity contribution in [1.82, 2.24) is 0 Å². The smallest absolute Gasteiger partial charge is 0.0596 e. The summed E-state index contributed by atoms with van der Waals surface area (Å²) in [6.45, 7) is 14.2. The van der Waals surface area contributed by atoms with E-state index in [-0.39, 0.29) is 6.10 Å². The second kappa shape index (κ2) is 16.7. The van der Waals surface area contributed by atoms with Crippen LogP contribution in [0.1, 0.15) is 157 Å². The van der Waals surface area contributed by atoms with Gasteiger partial charge in [0.2, 0.25) is 0 Å². The fraction of sp³-hybridized carbons (Fsp3) is 1.00. The Morgan fingerprint density at radius 1 is 0.706 bits per heavy atom. The van der Waals surface area contributed by atoms with Gasteiger partial charge in [0.05, 0.1) is 6.10 Å². The Kier molecular flexibility index (Phi) is 14.8. The third kappa shape index (κ3) is 10.1. The molecule has 0 aliphatic heterocycles. The van der Waals surface area contributed by atoms with E-state index in [1.165, 1.54) is 116 Å². The second-order valence-electron chi connectivity index (χ2n) is 13.4. The lowest BCUT2D eigenvalue weighted by molar-refractivity contribution is -0.0187. The minimum Gasteiger partial charge on any atom is -0.393 e. The fourth-order valence-corrected chi connectivity index (χ4v) is 7.93. The van der Waals surface area contributed by atoms with Gasteiger partial charge in [0.15, 0.2) is 0 Å². The zero-order valence-corrected chi connectivity index (χ0v) is 24.4. The quantitative estimate of drug-likeness (QED) is 0.220. The van der Waals surface area contributed by atoms with Crippen LogP contribution in [0.4, 0.5) is 0 Å². The molecule has 0 radical (unpaired) electrons. The van der Waals surface area contributed by atoms with Crippen molar-refractivity contribution in [3.63, 3.8) is 0 Å². The maximum absolute atomic E-state index is 11.4. The van der Waals surface area contributed by atoms with E-state index in [4.69, 9.17) is 0 Å². The molecule has 2 aliphatic rings. The summed E-state index contributed by atoms with van der Waals surface area (Å²) in [5.41, 5.74) is 0. The number of unbranched alkanes of at least 4 members (excludes halogenated alkanes) is 2. The van der Waals surface area contributed by atoms with Crippen LogP contribution in [0.5, 0.6) is 0 Å². The third-order valence-corrected chi connectivity index (χ3v) is 10.5. The molecule has 1 heteroatoms. The Morgan fingerprint density at radius 2 is 1.29 bits per heavy atom. The van der Waals surface area contributed by atoms with Gasteiger partial charge in [-0.05, 0) is 53.8 Å². The molecule has 1 nitrogen and oxygen atoms in total. The first-order chi connectivity index (χ1) is 16.3. The van der Waals surface area contributed by atoms with Crippen LogP contribution in [-0.2, 0) is 0 Å². The van der Waals surface area contributed by atoms with Gasteiger partial charge in [-0.1, -0.05) is 151 Å². The van der Waals surface area contributed by atoms with Crippen molar-refractivity contribution in [3.05, 3.63) is 0 Å². The summed E-state index contributed by atoms with van der Waals surface area (Å²) >= 11 is 0. The highest BCUT2D eigenvalue weighted by atomic mass is 16.3. The summed E-state index contributed by atoms with van der Waals surface area (Å²) in [4.78, 5) is 0. The van der Waals surface area contributed by atoms with Crippen molar-refractivity contribution >= 4 is 0 Å². The third-order valence-electron chi connectivity index (χ3n) is 10.5. The van der Waals surface area contributed by atoms with Crippen LogP contribution in [0, 0.1) is 47.3 Å². The van der Waals surface area contributed by atoms with Gasteiger partial charge in [-0.15, -0.1) is 0 Å². The molecule has 6 atom stereocenters. The Balaban J connectivity index is 1.98. The molecule has 3 unspecified atom stereocenters. The number of rotatable bonds is 16. The molecule has 2 aliphatic carbocycles. The van der Waals surface area contributed by atoms with Gasteiger partial charge in [-0.25, -0.2) is 0 Å². The van der Waals surface area contributed by atoms with E-state index in [0.29, 0.717) is 23.7 Å². The minimum atomic E-state index is -0.154. The number of aliphatic hydroxyl groups is 1. The van der Waals surface area contributed by atoms with Crippen LogP contribution in [0.15, 0.2) is 0 Å². The van der Waals surface area contributed by atoms with E-state index < -0.39 is 0 Å². The molecule has 2 fully saturated rings. The molecule has 34 heavy (non-hydrogen) atoms. The molecule has 2 saturated carbocycles. The molecule has 1 N–H and O–H groups in total. The molecule has 0 amide bonds. The molecule has 202 valence electrons. The lowest BCUT2D eigenvalue weighted by Gasteiger charge is -2.43. The van der Waals surface area contributed by atoms with Crippen LogP contribution in [0.2, 0.25) is 0 Å². The van der Waals surface area contributed by atoms with Gasteiger partial charge < -0.3 is 5.11 Å². The summed E-state index contributed by atoms with van der Waals surface area (Å²) in [5, 5.41) is 11.4. The van der Waals surface area contributed by atoms with Crippen molar-refractivity contribution in [1.29, 1.82) is 0 Å². The van der Waals surface area contributed by atoms with Crippen molar-refractivity contribution in [2.24, 2.45) is 47.3 Å². The van der Waals surface area contributed by atoms with Crippen LogP contribution in [-0.4, -0.2) is 11.2 Å². The molecular weight excluding hydrogens is 412 g/mol. The largest absolute Gasteiger partial charge is 0.393 e. The lowest BCUT2D eigenvalue weighted by atomic mass is 9.64. The lowest BCUT2D eigenvalue weighted by Crippen LogP contribution is -2.40. The van der Waals surface area contributed by atoms with Crippen LogP contribution in [0.25, 0.3) is 0 Å². The van der Waals surface area contributed by atoms with Crippen LogP contribution in [0.3, 0.4) is 0 Å². The molecule has 0 saturated heterocycles. The first-order valence-electron chi connectivity index (χ1n) is 16.0. The van der Waals surface area contributed by atoms with Crippen LogP contribution < -0.4 is 0 Å². The normalized spacial score (nSPS) is 24.0. The zero-order chi connectivity index (χ0) is 24.9. The van der Waals surface area contributed by atoms with Gasteiger partial charge in [-0.2, -0.15) is 0 Å². The molecule has 0 aromatic carbocycles. The van der Waals surface area contributed by atoms with E-state index in [1.54, 1.807) is 0 Å². The first kappa shape index (κ1) is 30.2. The van der Waals surface area contributed by atoms with Gasteiger partial charge in [0.1, 0.15) is 0 Å². The van der Waals surface area contributed by atoms with Gasteiger partial charge in [0, 0.05) is 0 Å². The molecular formula is C33H64O. The average Bonchev–Trinajstić information content (AvgIpc) is 2.85. The predicted molar refractivity (Wildman–Crippen MR) is 151 cm³/mol. The van der Waals surface area contributed by atoms with Crippen molar-refractivity contribution in [2.45, 2.75) is 163 Å². The van der Waals surface area contributed by atoms with E-state index in [2.05, 4.69) is 41.5 Å². The highest BCUT2D eigenvalue weighted by molar-refractivity contribution is 4.87. The molecule has 0 bridgehead atoms. The maximum Gasteiger partial charge on any atom is 0.0596 e. The molecule has 0 aromatic rings. The number of aliphatic hydroxyl groups excluding tert-OH is 1. The summed E-state index contributed by atoms with van der Waals surface area (Å²) in [7, 11) is 0. The van der Waals surface area contributed by atoms with E-state index in [0.717, 1.165) is 23.7 Å². The zero-order valence-electron chi connectivity index (χ0n) is 24.4.